The van der Waals surface area contributed by atoms with Gasteiger partial charge in [-0.2, -0.15) is 0 Å². The van der Waals surface area contributed by atoms with E-state index in [1.54, 1.807) is 36.7 Å². The van der Waals surface area contributed by atoms with Gasteiger partial charge in [0.05, 0.1) is 22.3 Å². The van der Waals surface area contributed by atoms with Gasteiger partial charge in [0.2, 0.25) is 0 Å². The number of benzene rings is 2. The van der Waals surface area contributed by atoms with Crippen LogP contribution in [0.1, 0.15) is 5.56 Å². The lowest BCUT2D eigenvalue weighted by Crippen LogP contribution is -2.29. The molecule has 8 heteroatoms. The summed E-state index contributed by atoms with van der Waals surface area (Å²) in [6.45, 7) is 0.552. The van der Waals surface area contributed by atoms with Crippen molar-refractivity contribution in [2.75, 3.05) is 6.26 Å². The number of hydrogen-bond donors (Lipinski definition) is 2. The number of hydrogen-bond acceptors (Lipinski definition) is 5. The minimum absolute atomic E-state index is 0.247. The number of aromatic nitrogens is 2. The van der Waals surface area contributed by atoms with Crippen molar-refractivity contribution in [3.05, 3.63) is 54.4 Å². The second-order valence-corrected chi connectivity index (χ2v) is 7.43. The van der Waals surface area contributed by atoms with Gasteiger partial charge in [0.1, 0.15) is 0 Å². The Morgan fingerprint density at radius 3 is 2.43 bits per heavy atom. The van der Waals surface area contributed by atoms with E-state index in [-0.39, 0.29) is 4.90 Å². The molecule has 0 radical (unpaired) electrons. The van der Waals surface area contributed by atoms with Crippen LogP contribution in [0.15, 0.2) is 53.7 Å². The van der Waals surface area contributed by atoms with Gasteiger partial charge < -0.3 is 14.6 Å². The number of rotatable bonds is 4. The van der Waals surface area contributed by atoms with Crippen LogP contribution < -0.4 is 5.46 Å². The molecule has 1 aromatic heterocycles. The van der Waals surface area contributed by atoms with Crippen molar-refractivity contribution in [2.24, 2.45) is 0 Å². The second-order valence-electron chi connectivity index (χ2n) is 5.41. The molecular weight excluding hydrogens is 315 g/mol. The predicted molar refractivity (Wildman–Crippen MR) is 88.2 cm³/mol. The zero-order chi connectivity index (χ0) is 16.6. The molecule has 0 atom stereocenters. The highest BCUT2D eigenvalue weighted by Crippen LogP contribution is 2.19. The van der Waals surface area contributed by atoms with Gasteiger partial charge in [0, 0.05) is 12.8 Å². The Hall–Kier alpha value is -2.16. The van der Waals surface area contributed by atoms with Gasteiger partial charge >= 0.3 is 7.12 Å². The van der Waals surface area contributed by atoms with Crippen LogP contribution in [0.2, 0.25) is 0 Å². The highest BCUT2D eigenvalue weighted by molar-refractivity contribution is 7.90. The minimum atomic E-state index is -3.25. The molecule has 0 bridgehead atoms. The Morgan fingerprint density at radius 2 is 1.83 bits per heavy atom. The van der Waals surface area contributed by atoms with Gasteiger partial charge in [-0.3, -0.25) is 0 Å². The standard InChI is InChI=1S/C15H15BN2O4S/c1-23(21,22)13-6-7-15-14(8-13)17-10-18(15)9-11-2-4-12(5-3-11)16(19)20/h2-8,10,19-20H,9H2,1H3. The Kier molecular flexibility index (Phi) is 3.97. The second kappa shape index (κ2) is 5.80. The van der Waals surface area contributed by atoms with E-state index < -0.39 is 17.0 Å². The van der Waals surface area contributed by atoms with Gasteiger partial charge in [-0.05, 0) is 29.2 Å². The average Bonchev–Trinajstić information content (AvgIpc) is 2.89. The van der Waals surface area contributed by atoms with Crippen LogP contribution in [0, 0.1) is 0 Å². The van der Waals surface area contributed by atoms with E-state index in [1.807, 2.05) is 16.7 Å². The van der Waals surface area contributed by atoms with E-state index in [4.69, 9.17) is 10.0 Å². The van der Waals surface area contributed by atoms with Crippen LogP contribution in [0.25, 0.3) is 11.0 Å². The fourth-order valence-corrected chi connectivity index (χ4v) is 3.03. The van der Waals surface area contributed by atoms with Crippen molar-refractivity contribution in [1.29, 1.82) is 0 Å². The maximum absolute atomic E-state index is 11.6. The average molecular weight is 330 g/mol. The molecule has 0 aliphatic rings. The third-order valence-electron chi connectivity index (χ3n) is 3.65. The lowest BCUT2D eigenvalue weighted by Gasteiger charge is -2.06. The van der Waals surface area contributed by atoms with Crippen molar-refractivity contribution < 1.29 is 18.5 Å². The number of sulfone groups is 1. The minimum Gasteiger partial charge on any atom is -0.423 e. The highest BCUT2D eigenvalue weighted by atomic mass is 32.2. The molecule has 0 unspecified atom stereocenters. The molecule has 0 saturated carbocycles. The van der Waals surface area contributed by atoms with Crippen molar-refractivity contribution in [2.45, 2.75) is 11.4 Å². The largest absolute Gasteiger partial charge is 0.488 e. The summed E-state index contributed by atoms with van der Waals surface area (Å²) in [7, 11) is -4.73. The smallest absolute Gasteiger partial charge is 0.423 e. The number of imidazole rings is 1. The zero-order valence-electron chi connectivity index (χ0n) is 12.4. The van der Waals surface area contributed by atoms with Crippen LogP contribution in [-0.4, -0.2) is 41.4 Å². The molecule has 3 rings (SSSR count). The Labute approximate surface area is 134 Å². The fraction of sp³-hybridized carbons (Fsp3) is 0.133. The topological polar surface area (TPSA) is 92.4 Å². The van der Waals surface area contributed by atoms with Crippen LogP contribution in [0.5, 0.6) is 0 Å². The summed E-state index contributed by atoms with van der Waals surface area (Å²) in [6, 6.07) is 11.8. The van der Waals surface area contributed by atoms with Crippen molar-refractivity contribution in [1.82, 2.24) is 9.55 Å². The first kappa shape index (κ1) is 15.7. The molecule has 118 valence electrons. The Balaban J connectivity index is 1.92. The summed E-state index contributed by atoms with van der Waals surface area (Å²) in [4.78, 5) is 4.50. The maximum atomic E-state index is 11.6. The summed E-state index contributed by atoms with van der Waals surface area (Å²) in [5, 5.41) is 18.2. The molecule has 0 fully saturated rings. The number of fused-ring (bicyclic) bond motifs is 1. The molecule has 0 spiro atoms. The molecule has 0 saturated heterocycles. The molecule has 0 aliphatic heterocycles. The van der Waals surface area contributed by atoms with Crippen LogP contribution >= 0.6 is 0 Å². The monoisotopic (exact) mass is 330 g/mol. The third-order valence-corrected chi connectivity index (χ3v) is 4.76. The first-order valence-corrected chi connectivity index (χ1v) is 8.83. The van der Waals surface area contributed by atoms with E-state index >= 15 is 0 Å². The van der Waals surface area contributed by atoms with E-state index in [1.165, 1.54) is 6.26 Å². The summed E-state index contributed by atoms with van der Waals surface area (Å²) < 4.78 is 25.1. The zero-order valence-corrected chi connectivity index (χ0v) is 13.2. The first-order valence-electron chi connectivity index (χ1n) is 6.94. The summed E-state index contributed by atoms with van der Waals surface area (Å²) in [5.41, 5.74) is 2.86. The third kappa shape index (κ3) is 3.29. The normalized spacial score (nSPS) is 11.8. The van der Waals surface area contributed by atoms with E-state index in [0.29, 0.717) is 17.5 Å². The number of nitrogens with zero attached hydrogens (tertiary/aromatic N) is 2. The maximum Gasteiger partial charge on any atom is 0.488 e. The van der Waals surface area contributed by atoms with Crippen molar-refractivity contribution in [3.8, 4) is 0 Å². The molecule has 0 amide bonds. The molecule has 23 heavy (non-hydrogen) atoms. The molecule has 3 aromatic rings. The first-order chi connectivity index (χ1) is 10.8. The SMILES string of the molecule is CS(=O)(=O)c1ccc2c(c1)ncn2Cc1ccc(B(O)O)cc1. The fourth-order valence-electron chi connectivity index (χ4n) is 2.39. The van der Waals surface area contributed by atoms with Gasteiger partial charge in [-0.1, -0.05) is 24.3 Å². The van der Waals surface area contributed by atoms with Crippen LogP contribution in [0.3, 0.4) is 0 Å². The van der Waals surface area contributed by atoms with Gasteiger partial charge in [-0.25, -0.2) is 13.4 Å². The predicted octanol–water partition coefficient (Wildman–Crippen LogP) is 0.168. The quantitative estimate of drug-likeness (QED) is 0.665. The summed E-state index contributed by atoms with van der Waals surface area (Å²) in [5.74, 6) is 0. The van der Waals surface area contributed by atoms with Crippen LogP contribution in [0.4, 0.5) is 0 Å². The molecule has 6 nitrogen and oxygen atoms in total. The van der Waals surface area contributed by atoms with Crippen molar-refractivity contribution >= 4 is 33.5 Å². The van der Waals surface area contributed by atoms with E-state index in [2.05, 4.69) is 4.98 Å². The van der Waals surface area contributed by atoms with Gasteiger partial charge in [0.25, 0.3) is 0 Å². The molecule has 0 aliphatic carbocycles. The summed E-state index contributed by atoms with van der Waals surface area (Å²) >= 11 is 0. The molecule has 1 heterocycles. The highest BCUT2D eigenvalue weighted by Gasteiger charge is 2.12. The van der Waals surface area contributed by atoms with Crippen LogP contribution in [-0.2, 0) is 16.4 Å². The van der Waals surface area contributed by atoms with E-state index in [9.17, 15) is 8.42 Å². The molecular formula is C15H15BN2O4S. The molecule has 2 N–H and O–H groups in total. The Bertz CT molecular complexity index is 949. The van der Waals surface area contributed by atoms with Crippen molar-refractivity contribution in [3.63, 3.8) is 0 Å². The lowest BCUT2D eigenvalue weighted by atomic mass is 9.80. The molecule has 2 aromatic carbocycles. The Morgan fingerprint density at radius 1 is 1.13 bits per heavy atom. The van der Waals surface area contributed by atoms with Gasteiger partial charge in [-0.15, -0.1) is 0 Å². The lowest BCUT2D eigenvalue weighted by molar-refractivity contribution is 0.426. The summed E-state index contributed by atoms with van der Waals surface area (Å²) in [6.07, 6.45) is 2.83. The van der Waals surface area contributed by atoms with E-state index in [0.717, 1.165) is 11.1 Å². The van der Waals surface area contributed by atoms with Gasteiger partial charge in [0.15, 0.2) is 9.84 Å².